The first-order valence-corrected chi connectivity index (χ1v) is 17.8. The average Bonchev–Trinajstić information content (AvgIpc) is 2.89. The molecule has 38 heavy (non-hydrogen) atoms. The van der Waals surface area contributed by atoms with Gasteiger partial charge in [0, 0.05) is 64.9 Å². The van der Waals surface area contributed by atoms with Gasteiger partial charge in [0.25, 0.3) is 0 Å². The number of hydrogen-bond donors (Lipinski definition) is 0. The zero-order valence-corrected chi connectivity index (χ0v) is 26.7. The lowest BCUT2D eigenvalue weighted by atomic mass is 10.5. The van der Waals surface area contributed by atoms with Crippen LogP contribution in [0.25, 0.3) is 0 Å². The van der Waals surface area contributed by atoms with Gasteiger partial charge in [0.1, 0.15) is 0 Å². The molecule has 0 unspecified atom stereocenters. The Kier molecular flexibility index (Phi) is 24.0. The Morgan fingerprint density at radius 3 is 1.05 bits per heavy atom. The third kappa shape index (κ3) is 15.9. The van der Waals surface area contributed by atoms with Crippen LogP contribution >= 0.6 is 0 Å². The molecule has 0 amide bonds. The highest BCUT2D eigenvalue weighted by Crippen LogP contribution is 2.21. The fourth-order valence-corrected chi connectivity index (χ4v) is 8.87. The second-order valence-electron chi connectivity index (χ2n) is 7.89. The van der Waals surface area contributed by atoms with Crippen LogP contribution in [-0.2, 0) is 45.5 Å². The molecule has 0 heterocycles. The third-order valence-electron chi connectivity index (χ3n) is 4.98. The summed E-state index contributed by atoms with van der Waals surface area (Å²) in [4.78, 5) is 0. The predicted octanol–water partition coefficient (Wildman–Crippen LogP) is 4.95. The Labute approximate surface area is 233 Å². The SMILES string of the molecule is C=CCOC(OCC=C)C(OCCC[Si](OCC)(OCC)OCC)OCCC[Si](OCC)(OCC)OCC. The molecule has 10 nitrogen and oxygen atoms in total. The first-order valence-electron chi connectivity index (χ1n) is 14.0. The highest BCUT2D eigenvalue weighted by atomic mass is 28.4. The summed E-state index contributed by atoms with van der Waals surface area (Å²) in [5, 5.41) is 0. The maximum absolute atomic E-state index is 6.14. The van der Waals surface area contributed by atoms with Gasteiger partial charge in [-0.1, -0.05) is 12.2 Å². The van der Waals surface area contributed by atoms with E-state index >= 15 is 0 Å². The van der Waals surface area contributed by atoms with Crippen molar-refractivity contribution in [3.63, 3.8) is 0 Å². The first-order chi connectivity index (χ1) is 18.5. The standard InChI is InChI=1S/C26H54O10Si2/c1-9-19-27-25(28-20-10-2)26(29-21-17-23-37(31-11-3,32-12-4)33-13-5)30-22-18-24-38(34-14-6,35-15-7)36-16-8/h9-10,25-26H,1-2,11-24H2,3-8H3. The van der Waals surface area contributed by atoms with E-state index in [1.54, 1.807) is 12.2 Å². The molecule has 0 aromatic carbocycles. The van der Waals surface area contributed by atoms with E-state index in [1.165, 1.54) is 0 Å². The Morgan fingerprint density at radius 2 is 0.789 bits per heavy atom. The van der Waals surface area contributed by atoms with Gasteiger partial charge in [-0.15, -0.1) is 13.2 Å². The molecule has 0 saturated carbocycles. The summed E-state index contributed by atoms with van der Waals surface area (Å²) in [5.41, 5.74) is 0. The zero-order valence-electron chi connectivity index (χ0n) is 24.7. The van der Waals surface area contributed by atoms with E-state index in [1.807, 2.05) is 41.5 Å². The lowest BCUT2D eigenvalue weighted by Gasteiger charge is -2.30. The Bertz CT molecular complexity index is 490. The van der Waals surface area contributed by atoms with Gasteiger partial charge >= 0.3 is 17.6 Å². The van der Waals surface area contributed by atoms with Crippen LogP contribution in [0.1, 0.15) is 54.4 Å². The van der Waals surface area contributed by atoms with Crippen LogP contribution in [0.5, 0.6) is 0 Å². The third-order valence-corrected chi connectivity index (χ3v) is 11.3. The minimum absolute atomic E-state index is 0.287. The molecule has 0 atom stereocenters. The fraction of sp³-hybridized carbons (Fsp3) is 0.846. The van der Waals surface area contributed by atoms with Crippen LogP contribution in [-0.4, -0.2) is 96.3 Å². The number of rotatable bonds is 29. The van der Waals surface area contributed by atoms with Crippen molar-refractivity contribution >= 4 is 17.6 Å². The quantitative estimate of drug-likeness (QED) is 0.0522. The van der Waals surface area contributed by atoms with Gasteiger partial charge in [0.15, 0.2) is 0 Å². The highest BCUT2D eigenvalue weighted by molar-refractivity contribution is 6.61. The zero-order chi connectivity index (χ0) is 28.5. The van der Waals surface area contributed by atoms with E-state index in [-0.39, 0.29) is 13.2 Å². The molecule has 0 aromatic heterocycles. The van der Waals surface area contributed by atoms with Gasteiger partial charge in [-0.05, 0) is 54.4 Å². The van der Waals surface area contributed by atoms with Crippen molar-refractivity contribution in [3.8, 4) is 0 Å². The smallest absolute Gasteiger partial charge is 0.374 e. The summed E-state index contributed by atoms with van der Waals surface area (Å²) in [5.74, 6) is 0. The van der Waals surface area contributed by atoms with Gasteiger partial charge in [0.05, 0.1) is 13.2 Å². The topological polar surface area (TPSA) is 92.3 Å². The van der Waals surface area contributed by atoms with Crippen LogP contribution < -0.4 is 0 Å². The molecule has 0 spiro atoms. The van der Waals surface area contributed by atoms with Crippen LogP contribution in [0.4, 0.5) is 0 Å². The van der Waals surface area contributed by atoms with E-state index in [4.69, 9.17) is 45.5 Å². The number of ether oxygens (including phenoxy) is 4. The summed E-state index contributed by atoms with van der Waals surface area (Å²) >= 11 is 0. The summed E-state index contributed by atoms with van der Waals surface area (Å²) in [6.45, 7) is 23.6. The molecule has 0 fully saturated rings. The van der Waals surface area contributed by atoms with Gasteiger partial charge in [-0.25, -0.2) is 0 Å². The molecule has 12 heteroatoms. The van der Waals surface area contributed by atoms with Gasteiger partial charge in [0.2, 0.25) is 12.6 Å². The van der Waals surface area contributed by atoms with Crippen LogP contribution in [0.3, 0.4) is 0 Å². The maximum atomic E-state index is 6.14. The molecule has 0 N–H and O–H groups in total. The molecule has 0 aliphatic carbocycles. The fourth-order valence-electron chi connectivity index (χ4n) is 3.72. The Balaban J connectivity index is 5.28. The Morgan fingerprint density at radius 1 is 0.500 bits per heavy atom. The first kappa shape index (κ1) is 37.5. The second kappa shape index (κ2) is 24.3. The van der Waals surface area contributed by atoms with Crippen molar-refractivity contribution in [3.05, 3.63) is 25.3 Å². The van der Waals surface area contributed by atoms with E-state index in [0.29, 0.717) is 77.8 Å². The maximum Gasteiger partial charge on any atom is 0.501 e. The molecular formula is C26H54O10Si2. The van der Waals surface area contributed by atoms with E-state index in [0.717, 1.165) is 0 Å². The average molecular weight is 583 g/mol. The normalized spacial score (nSPS) is 12.5. The summed E-state index contributed by atoms with van der Waals surface area (Å²) in [6, 6.07) is 1.26. The molecular weight excluding hydrogens is 528 g/mol. The lowest BCUT2D eigenvalue weighted by molar-refractivity contribution is -0.280. The Hall–Kier alpha value is -0.486. The molecule has 0 radical (unpaired) electrons. The predicted molar refractivity (Wildman–Crippen MR) is 152 cm³/mol. The molecule has 0 aliphatic rings. The van der Waals surface area contributed by atoms with Crippen molar-refractivity contribution < 1.29 is 45.5 Å². The van der Waals surface area contributed by atoms with Crippen LogP contribution in [0.15, 0.2) is 25.3 Å². The monoisotopic (exact) mass is 582 g/mol. The molecule has 0 aromatic rings. The van der Waals surface area contributed by atoms with Gasteiger partial charge in [-0.3, -0.25) is 0 Å². The summed E-state index contributed by atoms with van der Waals surface area (Å²) in [7, 11) is -5.52. The lowest BCUT2D eigenvalue weighted by Crippen LogP contribution is -2.46. The van der Waals surface area contributed by atoms with Crippen molar-refractivity contribution in [2.75, 3.05) is 66.1 Å². The van der Waals surface area contributed by atoms with Crippen molar-refractivity contribution in [1.29, 1.82) is 0 Å². The summed E-state index contributed by atoms with van der Waals surface area (Å²) in [6.07, 6.45) is 3.11. The molecule has 0 bridgehead atoms. The van der Waals surface area contributed by atoms with Gasteiger partial charge < -0.3 is 45.5 Å². The molecule has 0 aliphatic heterocycles. The highest BCUT2D eigenvalue weighted by Gasteiger charge is 2.41. The largest absolute Gasteiger partial charge is 0.501 e. The van der Waals surface area contributed by atoms with Crippen LogP contribution in [0.2, 0.25) is 12.1 Å². The van der Waals surface area contributed by atoms with Gasteiger partial charge in [-0.2, -0.15) is 0 Å². The summed E-state index contributed by atoms with van der Waals surface area (Å²) < 4.78 is 59.6. The molecule has 0 saturated heterocycles. The molecule has 226 valence electrons. The van der Waals surface area contributed by atoms with Crippen molar-refractivity contribution in [1.82, 2.24) is 0 Å². The second-order valence-corrected chi connectivity index (χ2v) is 13.4. The van der Waals surface area contributed by atoms with Crippen molar-refractivity contribution in [2.45, 2.75) is 79.1 Å². The van der Waals surface area contributed by atoms with Crippen LogP contribution in [0, 0.1) is 0 Å². The van der Waals surface area contributed by atoms with E-state index < -0.39 is 30.2 Å². The minimum Gasteiger partial charge on any atom is -0.374 e. The van der Waals surface area contributed by atoms with Crippen molar-refractivity contribution in [2.24, 2.45) is 0 Å². The minimum atomic E-state index is -2.76. The van der Waals surface area contributed by atoms with E-state index in [2.05, 4.69) is 13.2 Å². The number of hydrogen-bond acceptors (Lipinski definition) is 10. The van der Waals surface area contributed by atoms with E-state index in [9.17, 15) is 0 Å². The molecule has 0 rings (SSSR count).